The van der Waals surface area contributed by atoms with Crippen LogP contribution in [-0.4, -0.2) is 29.4 Å². The Morgan fingerprint density at radius 1 is 1.25 bits per heavy atom. The van der Waals surface area contributed by atoms with Gasteiger partial charge in [-0.25, -0.2) is 0 Å². The lowest BCUT2D eigenvalue weighted by Crippen LogP contribution is -2.31. The van der Waals surface area contributed by atoms with E-state index < -0.39 is 0 Å². The van der Waals surface area contributed by atoms with E-state index in [1.54, 1.807) is 11.3 Å². The van der Waals surface area contributed by atoms with E-state index in [1.807, 2.05) is 18.2 Å². The number of hydrogen-bond acceptors (Lipinski definition) is 5. The number of thiophene rings is 1. The van der Waals surface area contributed by atoms with E-state index in [2.05, 4.69) is 35.1 Å². The molecule has 0 aliphatic carbocycles. The normalized spacial score (nSPS) is 14.1. The number of nitrogens with zero attached hydrogens (tertiary/aromatic N) is 1. The molecule has 2 heterocycles. The van der Waals surface area contributed by atoms with E-state index in [4.69, 9.17) is 9.47 Å². The predicted molar refractivity (Wildman–Crippen MR) is 96.4 cm³/mol. The Balaban J connectivity index is 1.67. The molecule has 1 aliphatic rings. The second-order valence-corrected chi connectivity index (χ2v) is 6.99. The Kier molecular flexibility index (Phi) is 5.91. The second-order valence-electron chi connectivity index (χ2n) is 5.96. The summed E-state index contributed by atoms with van der Waals surface area (Å²) in [4.78, 5) is 3.57. The SMILES string of the molecule is C=CCC[C@@H](O)CN(Cc1ccc2c(c1)OCO2)Cc1cccs1. The third-order valence-corrected chi connectivity index (χ3v) is 4.84. The Bertz CT molecular complexity index is 657. The van der Waals surface area contributed by atoms with Gasteiger partial charge >= 0.3 is 0 Å². The average molecular weight is 345 g/mol. The van der Waals surface area contributed by atoms with Crippen molar-refractivity contribution in [1.82, 2.24) is 4.90 Å². The number of fused-ring (bicyclic) bond motifs is 1. The van der Waals surface area contributed by atoms with E-state index in [-0.39, 0.29) is 12.9 Å². The zero-order valence-electron chi connectivity index (χ0n) is 13.7. The lowest BCUT2D eigenvalue weighted by molar-refractivity contribution is 0.0989. The highest BCUT2D eigenvalue weighted by molar-refractivity contribution is 7.09. The summed E-state index contributed by atoms with van der Waals surface area (Å²) in [6.45, 7) is 6.25. The van der Waals surface area contributed by atoms with Gasteiger partial charge < -0.3 is 14.6 Å². The lowest BCUT2D eigenvalue weighted by Gasteiger charge is -2.24. The van der Waals surface area contributed by atoms with E-state index in [0.29, 0.717) is 6.54 Å². The second kappa shape index (κ2) is 8.33. The van der Waals surface area contributed by atoms with Crippen LogP contribution in [0.3, 0.4) is 0 Å². The summed E-state index contributed by atoms with van der Waals surface area (Å²) in [5.41, 5.74) is 1.16. The Morgan fingerprint density at radius 3 is 2.92 bits per heavy atom. The van der Waals surface area contributed by atoms with Gasteiger partial charge in [0.1, 0.15) is 0 Å². The highest BCUT2D eigenvalue weighted by atomic mass is 32.1. The number of benzene rings is 1. The number of aliphatic hydroxyl groups is 1. The molecule has 0 spiro atoms. The van der Waals surface area contributed by atoms with Crippen LogP contribution in [0.5, 0.6) is 11.5 Å². The standard InChI is InChI=1S/C19H23NO3S/c1-2-3-5-16(21)12-20(13-17-6-4-9-24-17)11-15-7-8-18-19(10-15)23-14-22-18/h2,4,6-10,16,21H,1,3,5,11-14H2/t16-/m1/s1. The van der Waals surface area contributed by atoms with Gasteiger partial charge in [-0.1, -0.05) is 18.2 Å². The van der Waals surface area contributed by atoms with E-state index in [0.717, 1.165) is 43.0 Å². The van der Waals surface area contributed by atoms with Gasteiger partial charge in [-0.05, 0) is 42.0 Å². The summed E-state index contributed by atoms with van der Waals surface area (Å²) in [5.74, 6) is 1.60. The molecule has 0 radical (unpaired) electrons. The van der Waals surface area contributed by atoms with Crippen LogP contribution in [0.4, 0.5) is 0 Å². The van der Waals surface area contributed by atoms with Crippen LogP contribution in [0.1, 0.15) is 23.3 Å². The van der Waals surface area contributed by atoms with Gasteiger partial charge in [-0.15, -0.1) is 17.9 Å². The third-order valence-electron chi connectivity index (χ3n) is 3.98. The minimum absolute atomic E-state index is 0.290. The summed E-state index contributed by atoms with van der Waals surface area (Å²) in [6, 6.07) is 10.2. The molecule has 0 saturated carbocycles. The molecule has 1 aliphatic heterocycles. The van der Waals surface area contributed by atoms with Gasteiger partial charge in [0.2, 0.25) is 6.79 Å². The van der Waals surface area contributed by atoms with Crippen molar-refractivity contribution in [2.24, 2.45) is 0 Å². The molecule has 3 rings (SSSR count). The molecule has 0 saturated heterocycles. The summed E-state index contributed by atoms with van der Waals surface area (Å²) < 4.78 is 10.8. The average Bonchev–Trinajstić information content (AvgIpc) is 3.23. The van der Waals surface area contributed by atoms with Crippen molar-refractivity contribution in [1.29, 1.82) is 0 Å². The van der Waals surface area contributed by atoms with E-state index >= 15 is 0 Å². The molecule has 4 nitrogen and oxygen atoms in total. The number of hydrogen-bond donors (Lipinski definition) is 1. The summed E-state index contributed by atoms with van der Waals surface area (Å²) in [6.07, 6.45) is 3.07. The Labute approximate surface area is 146 Å². The molecule has 1 aromatic carbocycles. The van der Waals surface area contributed by atoms with Gasteiger partial charge in [0.15, 0.2) is 11.5 Å². The first-order valence-electron chi connectivity index (χ1n) is 8.17. The summed E-state index contributed by atoms with van der Waals surface area (Å²) in [7, 11) is 0. The smallest absolute Gasteiger partial charge is 0.231 e. The monoisotopic (exact) mass is 345 g/mol. The molecule has 24 heavy (non-hydrogen) atoms. The molecule has 0 bridgehead atoms. The fourth-order valence-corrected chi connectivity index (χ4v) is 3.55. The quantitative estimate of drug-likeness (QED) is 0.702. The van der Waals surface area contributed by atoms with Crippen molar-refractivity contribution in [3.63, 3.8) is 0 Å². The van der Waals surface area contributed by atoms with E-state index in [1.165, 1.54) is 4.88 Å². The zero-order valence-corrected chi connectivity index (χ0v) is 14.5. The lowest BCUT2D eigenvalue weighted by atomic mass is 10.1. The van der Waals surface area contributed by atoms with Crippen molar-refractivity contribution in [3.8, 4) is 11.5 Å². The van der Waals surface area contributed by atoms with E-state index in [9.17, 15) is 5.11 Å². The molecule has 0 unspecified atom stereocenters. The molecule has 2 aromatic rings. The topological polar surface area (TPSA) is 41.9 Å². The molecule has 1 aromatic heterocycles. The van der Waals surface area contributed by atoms with Crippen LogP contribution in [0.2, 0.25) is 0 Å². The largest absolute Gasteiger partial charge is 0.454 e. The Morgan fingerprint density at radius 2 is 2.12 bits per heavy atom. The first-order valence-corrected chi connectivity index (χ1v) is 9.05. The highest BCUT2D eigenvalue weighted by Crippen LogP contribution is 2.33. The van der Waals surface area contributed by atoms with Crippen LogP contribution >= 0.6 is 11.3 Å². The number of rotatable bonds is 9. The van der Waals surface area contributed by atoms with Crippen LogP contribution in [0.15, 0.2) is 48.4 Å². The highest BCUT2D eigenvalue weighted by Gasteiger charge is 2.17. The maximum atomic E-state index is 10.3. The molecule has 128 valence electrons. The molecular weight excluding hydrogens is 322 g/mol. The number of aliphatic hydroxyl groups excluding tert-OH is 1. The molecule has 0 fully saturated rings. The van der Waals surface area contributed by atoms with Crippen molar-refractivity contribution < 1.29 is 14.6 Å². The van der Waals surface area contributed by atoms with Crippen LogP contribution in [0, 0.1) is 0 Å². The van der Waals surface area contributed by atoms with Crippen molar-refractivity contribution in [3.05, 3.63) is 58.8 Å². The van der Waals surface area contributed by atoms with Gasteiger partial charge in [-0.3, -0.25) is 4.90 Å². The van der Waals surface area contributed by atoms with Gasteiger partial charge in [0.25, 0.3) is 0 Å². The predicted octanol–water partition coefficient (Wildman–Crippen LogP) is 3.81. The minimum atomic E-state index is -0.350. The van der Waals surface area contributed by atoms with Crippen molar-refractivity contribution in [2.75, 3.05) is 13.3 Å². The number of ether oxygens (including phenoxy) is 2. The van der Waals surface area contributed by atoms with Gasteiger partial charge in [0, 0.05) is 24.5 Å². The first-order chi connectivity index (χ1) is 11.7. The van der Waals surface area contributed by atoms with Crippen LogP contribution in [0.25, 0.3) is 0 Å². The molecular formula is C19H23NO3S. The Hall–Kier alpha value is -1.82. The molecule has 1 atom stereocenters. The van der Waals surface area contributed by atoms with Gasteiger partial charge in [-0.2, -0.15) is 0 Å². The third kappa shape index (κ3) is 4.60. The summed E-state index contributed by atoms with van der Waals surface area (Å²) in [5, 5.41) is 12.4. The maximum Gasteiger partial charge on any atom is 0.231 e. The van der Waals surface area contributed by atoms with Crippen molar-refractivity contribution >= 4 is 11.3 Å². The maximum absolute atomic E-state index is 10.3. The molecule has 0 amide bonds. The van der Waals surface area contributed by atoms with Gasteiger partial charge in [0.05, 0.1) is 6.10 Å². The molecule has 5 heteroatoms. The molecule has 1 N–H and O–H groups in total. The fraction of sp³-hybridized carbons (Fsp3) is 0.368. The van der Waals surface area contributed by atoms with Crippen molar-refractivity contribution in [2.45, 2.75) is 32.0 Å². The fourth-order valence-electron chi connectivity index (χ4n) is 2.81. The van der Waals surface area contributed by atoms with Crippen LogP contribution in [-0.2, 0) is 13.1 Å². The zero-order chi connectivity index (χ0) is 16.8. The number of allylic oxidation sites excluding steroid dienone is 1. The summed E-state index contributed by atoms with van der Waals surface area (Å²) >= 11 is 1.74. The van der Waals surface area contributed by atoms with Crippen LogP contribution < -0.4 is 9.47 Å². The minimum Gasteiger partial charge on any atom is -0.454 e. The first kappa shape index (κ1) is 17.0.